The van der Waals surface area contributed by atoms with Gasteiger partial charge >= 0.3 is 11.7 Å². The van der Waals surface area contributed by atoms with E-state index in [0.29, 0.717) is 11.3 Å². The average molecular weight is 433 g/mol. The summed E-state index contributed by atoms with van der Waals surface area (Å²) in [6, 6.07) is 17.2. The lowest BCUT2D eigenvalue weighted by Crippen LogP contribution is -2.38. The van der Waals surface area contributed by atoms with Gasteiger partial charge in [0.2, 0.25) is 0 Å². The molecule has 0 aliphatic carbocycles. The lowest BCUT2D eigenvalue weighted by atomic mass is 10.0. The van der Waals surface area contributed by atoms with Crippen molar-refractivity contribution in [3.63, 3.8) is 0 Å². The zero-order valence-corrected chi connectivity index (χ0v) is 18.5. The number of methoxy groups -OCH3 is 1. The fraction of sp³-hybridized carbons (Fsp3) is 0.320. The minimum atomic E-state index is -0.407. The van der Waals surface area contributed by atoms with E-state index in [1.54, 1.807) is 35.2 Å². The van der Waals surface area contributed by atoms with E-state index in [4.69, 9.17) is 4.74 Å². The highest BCUT2D eigenvalue weighted by atomic mass is 16.5. The lowest BCUT2D eigenvalue weighted by Gasteiger charge is -2.32. The van der Waals surface area contributed by atoms with E-state index in [1.807, 2.05) is 6.07 Å². The molecule has 1 fully saturated rings. The Morgan fingerprint density at radius 3 is 2.44 bits per heavy atom. The summed E-state index contributed by atoms with van der Waals surface area (Å²) < 4.78 is 7.83. The van der Waals surface area contributed by atoms with Crippen molar-refractivity contribution in [3.8, 4) is 5.69 Å². The number of aromatic nitrogens is 3. The second kappa shape index (κ2) is 9.78. The molecule has 166 valence electrons. The number of piperidine rings is 1. The maximum absolute atomic E-state index is 13.0. The zero-order valence-electron chi connectivity index (χ0n) is 18.5. The largest absolute Gasteiger partial charge is 0.465 e. The Morgan fingerprint density at radius 1 is 1.09 bits per heavy atom. The van der Waals surface area contributed by atoms with Crippen molar-refractivity contribution in [2.75, 3.05) is 26.7 Å². The number of hydrogen-bond donors (Lipinski definition) is 0. The van der Waals surface area contributed by atoms with Crippen LogP contribution in [0.4, 0.5) is 0 Å². The van der Waals surface area contributed by atoms with Crippen LogP contribution in [0, 0.1) is 0 Å². The van der Waals surface area contributed by atoms with Gasteiger partial charge in [-0.05, 0) is 49.6 Å². The van der Waals surface area contributed by atoms with Crippen LogP contribution < -0.4 is 5.69 Å². The number of hydrogen-bond acceptors (Lipinski definition) is 5. The van der Waals surface area contributed by atoms with E-state index >= 15 is 0 Å². The number of carbonyl (C=O) groups is 1. The number of rotatable bonds is 6. The molecule has 0 spiro atoms. The van der Waals surface area contributed by atoms with Crippen molar-refractivity contribution in [1.82, 2.24) is 19.2 Å². The molecular formula is C25H28N4O3. The Bertz CT molecular complexity index is 1140. The summed E-state index contributed by atoms with van der Waals surface area (Å²) in [7, 11) is 1.34. The third kappa shape index (κ3) is 4.89. The van der Waals surface area contributed by atoms with Crippen LogP contribution in [0.15, 0.2) is 71.3 Å². The molecule has 1 saturated heterocycles. The van der Waals surface area contributed by atoms with Gasteiger partial charge in [-0.2, -0.15) is 9.78 Å². The number of benzene rings is 2. The Labute approximate surface area is 187 Å². The monoisotopic (exact) mass is 432 g/mol. The van der Waals surface area contributed by atoms with Crippen LogP contribution in [0.1, 0.15) is 41.7 Å². The molecule has 1 aromatic heterocycles. The molecule has 0 amide bonds. The Morgan fingerprint density at radius 2 is 1.78 bits per heavy atom. The summed E-state index contributed by atoms with van der Waals surface area (Å²) in [5.41, 5.74) is 3.45. The van der Waals surface area contributed by atoms with Gasteiger partial charge in [-0.15, -0.1) is 0 Å². The molecule has 7 nitrogen and oxygen atoms in total. The van der Waals surface area contributed by atoms with Gasteiger partial charge in [-0.3, -0.25) is 9.47 Å². The normalized spacial score (nSPS) is 15.6. The predicted octanol–water partition coefficient (Wildman–Crippen LogP) is 3.56. The minimum absolute atomic E-state index is 0.139. The Hall–Kier alpha value is -3.45. The molecule has 1 aliphatic heterocycles. The maximum atomic E-state index is 13.0. The molecule has 0 atom stereocenters. The van der Waals surface area contributed by atoms with Crippen LogP contribution in [-0.2, 0) is 4.74 Å². The van der Waals surface area contributed by atoms with E-state index in [2.05, 4.69) is 47.3 Å². The summed E-state index contributed by atoms with van der Waals surface area (Å²) in [5.74, 6) is -0.407. The van der Waals surface area contributed by atoms with Crippen molar-refractivity contribution < 1.29 is 9.53 Å². The Kier molecular flexibility index (Phi) is 6.66. The average Bonchev–Trinajstić information content (AvgIpc) is 3.21. The number of ether oxygens (including phenoxy) is 1. The van der Waals surface area contributed by atoms with Gasteiger partial charge in [0.1, 0.15) is 6.33 Å². The second-order valence-electron chi connectivity index (χ2n) is 8.18. The highest BCUT2D eigenvalue weighted by Crippen LogP contribution is 2.22. The predicted molar refractivity (Wildman–Crippen MR) is 124 cm³/mol. The van der Waals surface area contributed by atoms with Gasteiger partial charge in [0.05, 0.1) is 18.4 Å². The second-order valence-corrected chi connectivity index (χ2v) is 8.18. The van der Waals surface area contributed by atoms with E-state index in [-0.39, 0.29) is 11.7 Å². The molecule has 4 rings (SSSR count). The highest BCUT2D eigenvalue weighted by Gasteiger charge is 2.23. The molecule has 0 N–H and O–H groups in total. The summed E-state index contributed by atoms with van der Waals surface area (Å²) in [4.78, 5) is 27.0. The molecule has 32 heavy (non-hydrogen) atoms. The first kappa shape index (κ1) is 21.8. The van der Waals surface area contributed by atoms with Crippen LogP contribution in [-0.4, -0.2) is 52.0 Å². The summed E-state index contributed by atoms with van der Waals surface area (Å²) in [5, 5.41) is 4.30. The molecule has 7 heteroatoms. The van der Waals surface area contributed by atoms with Gasteiger partial charge in [-0.1, -0.05) is 42.0 Å². The van der Waals surface area contributed by atoms with Crippen LogP contribution >= 0.6 is 0 Å². The van der Waals surface area contributed by atoms with Crippen molar-refractivity contribution in [2.45, 2.75) is 25.8 Å². The highest BCUT2D eigenvalue weighted by molar-refractivity contribution is 5.89. The van der Waals surface area contributed by atoms with E-state index in [1.165, 1.54) is 22.9 Å². The van der Waals surface area contributed by atoms with E-state index < -0.39 is 5.97 Å². The topological polar surface area (TPSA) is 69.4 Å². The van der Waals surface area contributed by atoms with Gasteiger partial charge in [0.15, 0.2) is 0 Å². The maximum Gasteiger partial charge on any atom is 0.350 e. The number of nitrogens with zero attached hydrogens (tertiary/aromatic N) is 4. The third-order valence-corrected chi connectivity index (χ3v) is 5.86. The number of likely N-dealkylation sites (tertiary alicyclic amines) is 1. The first-order valence-corrected chi connectivity index (χ1v) is 10.8. The minimum Gasteiger partial charge on any atom is -0.465 e. The molecule has 3 aromatic rings. The van der Waals surface area contributed by atoms with Gasteiger partial charge < -0.3 is 4.74 Å². The summed E-state index contributed by atoms with van der Waals surface area (Å²) in [6.45, 7) is 4.98. The Balaban J connectivity index is 1.38. The number of esters is 1. The van der Waals surface area contributed by atoms with Crippen molar-refractivity contribution in [1.29, 1.82) is 0 Å². The molecule has 0 bridgehead atoms. The van der Waals surface area contributed by atoms with Crippen molar-refractivity contribution in [2.24, 2.45) is 0 Å². The first-order chi connectivity index (χ1) is 15.5. The van der Waals surface area contributed by atoms with Gasteiger partial charge in [0.25, 0.3) is 0 Å². The molecule has 2 heterocycles. The van der Waals surface area contributed by atoms with Crippen LogP contribution in [0.2, 0.25) is 0 Å². The standard InChI is InChI=1S/C25H28N4O3/c1-19(16-20-6-4-3-5-7-20)17-27-14-12-22(13-15-27)28-18-26-29(25(28)31)23-10-8-21(9-11-23)24(30)32-2/h3-11,16,18,22H,12-15,17H2,1-2H3. The molecule has 2 aromatic carbocycles. The molecule has 0 radical (unpaired) electrons. The van der Waals surface area contributed by atoms with Crippen LogP contribution in [0.3, 0.4) is 0 Å². The number of carbonyl (C=O) groups excluding carboxylic acids is 1. The van der Waals surface area contributed by atoms with Gasteiger partial charge in [-0.25, -0.2) is 9.59 Å². The summed E-state index contributed by atoms with van der Waals surface area (Å²) >= 11 is 0. The van der Waals surface area contributed by atoms with Crippen molar-refractivity contribution >= 4 is 12.0 Å². The SMILES string of the molecule is COC(=O)c1ccc(-n2ncn(C3CCN(CC(C)=Cc4ccccc4)CC3)c2=O)cc1. The molecule has 0 unspecified atom stereocenters. The van der Waals surface area contributed by atoms with Crippen molar-refractivity contribution in [3.05, 3.63) is 88.1 Å². The fourth-order valence-corrected chi connectivity index (χ4v) is 4.19. The van der Waals surface area contributed by atoms with Crippen LogP contribution in [0.5, 0.6) is 0 Å². The third-order valence-electron chi connectivity index (χ3n) is 5.86. The molecule has 0 saturated carbocycles. The van der Waals surface area contributed by atoms with E-state index in [0.717, 1.165) is 32.5 Å². The van der Waals surface area contributed by atoms with Gasteiger partial charge in [0, 0.05) is 25.7 Å². The molecule has 1 aliphatic rings. The summed E-state index contributed by atoms with van der Waals surface area (Å²) in [6.07, 6.45) is 5.67. The lowest BCUT2D eigenvalue weighted by molar-refractivity contribution is 0.0600. The smallest absolute Gasteiger partial charge is 0.350 e. The van der Waals surface area contributed by atoms with Crippen LogP contribution in [0.25, 0.3) is 11.8 Å². The fourth-order valence-electron chi connectivity index (χ4n) is 4.19. The van der Waals surface area contributed by atoms with E-state index in [9.17, 15) is 9.59 Å². The molecular weight excluding hydrogens is 404 g/mol. The zero-order chi connectivity index (χ0) is 22.5. The first-order valence-electron chi connectivity index (χ1n) is 10.8. The quantitative estimate of drug-likeness (QED) is 0.557.